The van der Waals surface area contributed by atoms with E-state index in [0.29, 0.717) is 17.0 Å². The lowest BCUT2D eigenvalue weighted by molar-refractivity contribution is 0.0826. The van der Waals surface area contributed by atoms with Crippen LogP contribution < -0.4 is 10.5 Å². The van der Waals surface area contributed by atoms with Gasteiger partial charge >= 0.3 is 0 Å². The van der Waals surface area contributed by atoms with Gasteiger partial charge in [0.1, 0.15) is 0 Å². The number of nitrogens with two attached hydrogens (primary N) is 1. The van der Waals surface area contributed by atoms with Crippen molar-refractivity contribution in [2.75, 3.05) is 0 Å². The molecule has 2 fully saturated rings. The molecule has 1 amide bonds. The van der Waals surface area contributed by atoms with Gasteiger partial charge in [0, 0.05) is 11.6 Å². The molecule has 6 heteroatoms. The SMILES string of the molecule is Cc1cc(C(=O)NC2CC3CCC2(C)C3(C)C)cc(S(N)(=O)=O)c1C. The molecule has 2 aliphatic rings. The molecule has 3 atom stereocenters. The molecule has 1 aromatic rings. The van der Waals surface area contributed by atoms with Gasteiger partial charge in [0.15, 0.2) is 0 Å². The van der Waals surface area contributed by atoms with Crippen LogP contribution in [-0.4, -0.2) is 20.4 Å². The van der Waals surface area contributed by atoms with Gasteiger partial charge < -0.3 is 5.32 Å². The number of sulfonamides is 1. The Balaban J connectivity index is 1.90. The van der Waals surface area contributed by atoms with Gasteiger partial charge in [-0.3, -0.25) is 4.79 Å². The minimum absolute atomic E-state index is 0.0251. The van der Waals surface area contributed by atoms with E-state index in [9.17, 15) is 13.2 Å². The fourth-order valence-electron chi connectivity index (χ4n) is 4.92. The zero-order chi connectivity index (χ0) is 18.8. The molecular weight excluding hydrogens is 336 g/mol. The number of carbonyl (C=O) groups is 1. The van der Waals surface area contributed by atoms with Gasteiger partial charge in [-0.25, -0.2) is 13.6 Å². The largest absolute Gasteiger partial charge is 0.349 e. The summed E-state index contributed by atoms with van der Waals surface area (Å²) in [6.45, 7) is 10.4. The topological polar surface area (TPSA) is 89.3 Å². The number of hydrogen-bond donors (Lipinski definition) is 2. The summed E-state index contributed by atoms with van der Waals surface area (Å²) in [4.78, 5) is 12.9. The van der Waals surface area contributed by atoms with Crippen LogP contribution in [0.4, 0.5) is 0 Å². The lowest BCUT2D eigenvalue weighted by Crippen LogP contribution is -2.46. The molecule has 2 saturated carbocycles. The highest BCUT2D eigenvalue weighted by atomic mass is 32.2. The maximum atomic E-state index is 12.8. The molecule has 2 aliphatic carbocycles. The summed E-state index contributed by atoms with van der Waals surface area (Å²) in [6.07, 6.45) is 3.32. The van der Waals surface area contributed by atoms with Crippen molar-refractivity contribution in [2.45, 2.75) is 64.8 Å². The smallest absolute Gasteiger partial charge is 0.251 e. The highest BCUT2D eigenvalue weighted by Crippen LogP contribution is 2.65. The van der Waals surface area contributed by atoms with Crippen LogP contribution in [0.5, 0.6) is 0 Å². The Bertz CT molecular complexity index is 844. The van der Waals surface area contributed by atoms with Crippen molar-refractivity contribution in [3.8, 4) is 0 Å². The van der Waals surface area contributed by atoms with Crippen molar-refractivity contribution in [3.63, 3.8) is 0 Å². The lowest BCUT2D eigenvalue weighted by Gasteiger charge is -2.39. The number of rotatable bonds is 3. The maximum absolute atomic E-state index is 12.8. The predicted octanol–water partition coefficient (Wildman–Crippen LogP) is 2.90. The Morgan fingerprint density at radius 3 is 2.36 bits per heavy atom. The minimum Gasteiger partial charge on any atom is -0.349 e. The number of fused-ring (bicyclic) bond motifs is 2. The van der Waals surface area contributed by atoms with Crippen LogP contribution in [0.15, 0.2) is 17.0 Å². The van der Waals surface area contributed by atoms with Gasteiger partial charge in [-0.2, -0.15) is 0 Å². The number of nitrogens with one attached hydrogen (secondary N) is 1. The fraction of sp³-hybridized carbons (Fsp3) is 0.632. The van der Waals surface area contributed by atoms with E-state index in [4.69, 9.17) is 5.14 Å². The molecule has 0 saturated heterocycles. The molecule has 3 rings (SSSR count). The van der Waals surface area contributed by atoms with Crippen LogP contribution in [0.1, 0.15) is 61.5 Å². The maximum Gasteiger partial charge on any atom is 0.251 e. The highest BCUT2D eigenvalue weighted by molar-refractivity contribution is 7.89. The third-order valence-corrected chi connectivity index (χ3v) is 8.32. The Labute approximate surface area is 150 Å². The molecule has 25 heavy (non-hydrogen) atoms. The number of hydrogen-bond acceptors (Lipinski definition) is 3. The minimum atomic E-state index is -3.86. The van der Waals surface area contributed by atoms with Crippen molar-refractivity contribution in [3.05, 3.63) is 28.8 Å². The van der Waals surface area contributed by atoms with Crippen LogP contribution in [-0.2, 0) is 10.0 Å². The van der Waals surface area contributed by atoms with Crippen LogP contribution in [0.2, 0.25) is 0 Å². The van der Waals surface area contributed by atoms with Gasteiger partial charge in [-0.1, -0.05) is 20.8 Å². The van der Waals surface area contributed by atoms with Gasteiger partial charge in [0.2, 0.25) is 10.0 Å². The summed E-state index contributed by atoms with van der Waals surface area (Å²) in [5, 5.41) is 8.48. The first kappa shape index (κ1) is 18.4. The summed E-state index contributed by atoms with van der Waals surface area (Å²) in [7, 11) is -3.86. The van der Waals surface area contributed by atoms with Crippen molar-refractivity contribution in [2.24, 2.45) is 21.9 Å². The van der Waals surface area contributed by atoms with Crippen LogP contribution in [0.25, 0.3) is 0 Å². The summed E-state index contributed by atoms with van der Waals surface area (Å²) >= 11 is 0. The second kappa shape index (κ2) is 5.55. The molecule has 2 bridgehead atoms. The van der Waals surface area contributed by atoms with E-state index in [0.717, 1.165) is 18.4 Å². The normalized spacial score (nSPS) is 30.5. The number of aryl methyl sites for hydroxylation is 1. The second-order valence-electron chi connectivity index (χ2n) is 8.60. The first-order valence-corrected chi connectivity index (χ1v) is 10.4. The molecule has 0 aromatic heterocycles. The molecule has 0 radical (unpaired) electrons. The second-order valence-corrected chi connectivity index (χ2v) is 10.1. The van der Waals surface area contributed by atoms with E-state index < -0.39 is 10.0 Å². The molecule has 3 N–H and O–H groups in total. The Morgan fingerprint density at radius 2 is 1.88 bits per heavy atom. The van der Waals surface area contributed by atoms with Crippen molar-refractivity contribution in [1.82, 2.24) is 5.32 Å². The first-order chi connectivity index (χ1) is 11.4. The number of benzene rings is 1. The van der Waals surface area contributed by atoms with E-state index >= 15 is 0 Å². The monoisotopic (exact) mass is 364 g/mol. The van der Waals surface area contributed by atoms with E-state index in [1.54, 1.807) is 19.9 Å². The lowest BCUT2D eigenvalue weighted by atomic mass is 9.69. The average Bonchev–Trinajstić information content (AvgIpc) is 2.81. The first-order valence-electron chi connectivity index (χ1n) is 8.83. The molecule has 5 nitrogen and oxygen atoms in total. The van der Waals surface area contributed by atoms with Gasteiger partial charge in [-0.05, 0) is 73.1 Å². The summed E-state index contributed by atoms with van der Waals surface area (Å²) in [5.41, 5.74) is 1.98. The van der Waals surface area contributed by atoms with E-state index in [-0.39, 0.29) is 27.7 Å². The fourth-order valence-corrected chi connectivity index (χ4v) is 5.80. The molecule has 0 spiro atoms. The summed E-state index contributed by atoms with van der Waals surface area (Å²) in [6, 6.07) is 3.25. The van der Waals surface area contributed by atoms with E-state index in [1.165, 1.54) is 12.5 Å². The third kappa shape index (κ3) is 2.70. The van der Waals surface area contributed by atoms with Gasteiger partial charge in [0.25, 0.3) is 5.91 Å². The predicted molar refractivity (Wildman–Crippen MR) is 97.8 cm³/mol. The zero-order valence-corrected chi connectivity index (χ0v) is 16.5. The molecular formula is C19H28N2O3S. The van der Waals surface area contributed by atoms with Gasteiger partial charge in [0.05, 0.1) is 4.90 Å². The molecule has 138 valence electrons. The summed E-state index contributed by atoms with van der Waals surface area (Å²) < 4.78 is 23.6. The number of amides is 1. The third-order valence-electron chi connectivity index (χ3n) is 7.29. The Hall–Kier alpha value is -1.40. The molecule has 3 unspecified atom stereocenters. The van der Waals surface area contributed by atoms with Gasteiger partial charge in [-0.15, -0.1) is 0 Å². The van der Waals surface area contributed by atoms with E-state index in [2.05, 4.69) is 26.1 Å². The number of primary sulfonamides is 1. The summed E-state index contributed by atoms with van der Waals surface area (Å²) in [5.74, 6) is 0.408. The average molecular weight is 365 g/mol. The highest BCUT2D eigenvalue weighted by Gasteiger charge is 2.61. The van der Waals surface area contributed by atoms with Crippen LogP contribution >= 0.6 is 0 Å². The molecule has 0 heterocycles. The Morgan fingerprint density at radius 1 is 1.24 bits per heavy atom. The van der Waals surface area contributed by atoms with Crippen molar-refractivity contribution < 1.29 is 13.2 Å². The molecule has 1 aromatic carbocycles. The quantitative estimate of drug-likeness (QED) is 0.864. The Kier molecular flexibility index (Phi) is 4.08. The van der Waals surface area contributed by atoms with Crippen LogP contribution in [0.3, 0.4) is 0 Å². The van der Waals surface area contributed by atoms with Crippen molar-refractivity contribution in [1.29, 1.82) is 0 Å². The van der Waals surface area contributed by atoms with Crippen LogP contribution in [0, 0.1) is 30.6 Å². The number of carbonyl (C=O) groups excluding carboxylic acids is 1. The standard InChI is InChI=1S/C19H28N2O3S/c1-11-8-13(9-15(12(11)2)25(20,23)24)17(22)21-16-10-14-6-7-19(16,5)18(14,3)4/h8-9,14,16H,6-7,10H2,1-5H3,(H,21,22)(H2,20,23,24). The zero-order valence-electron chi connectivity index (χ0n) is 15.6. The van der Waals surface area contributed by atoms with Crippen molar-refractivity contribution >= 4 is 15.9 Å². The van der Waals surface area contributed by atoms with E-state index in [1.807, 2.05) is 0 Å². The molecule has 0 aliphatic heterocycles.